The first kappa shape index (κ1) is 16.8. The van der Waals surface area contributed by atoms with E-state index < -0.39 is 5.97 Å². The van der Waals surface area contributed by atoms with Crippen LogP contribution in [-0.2, 0) is 4.79 Å². The smallest absolute Gasteiger partial charge is 0.328 e. The third-order valence-electron chi connectivity index (χ3n) is 2.99. The molecule has 0 aliphatic carbocycles. The zero-order valence-corrected chi connectivity index (χ0v) is 12.4. The van der Waals surface area contributed by atoms with Crippen LogP contribution >= 0.6 is 0 Å². The van der Waals surface area contributed by atoms with Gasteiger partial charge in [-0.05, 0) is 36.6 Å². The molecule has 0 aromatic heterocycles. The molecule has 1 atom stereocenters. The van der Waals surface area contributed by atoms with Gasteiger partial charge in [0, 0.05) is 12.6 Å². The van der Waals surface area contributed by atoms with Gasteiger partial charge >= 0.3 is 12.0 Å². The number of aliphatic carboxylic acids is 1. The van der Waals surface area contributed by atoms with Crippen LogP contribution in [0.2, 0.25) is 0 Å². The van der Waals surface area contributed by atoms with Crippen LogP contribution in [-0.4, -0.2) is 23.7 Å². The van der Waals surface area contributed by atoms with Crippen LogP contribution in [0.4, 0.5) is 4.79 Å². The normalized spacial score (nSPS) is 12.1. The Labute approximate surface area is 125 Å². The third-order valence-corrected chi connectivity index (χ3v) is 2.99. The zero-order valence-electron chi connectivity index (χ0n) is 12.4. The Kier molecular flexibility index (Phi) is 7.01. The summed E-state index contributed by atoms with van der Waals surface area (Å²) >= 11 is 0. The highest BCUT2D eigenvalue weighted by molar-refractivity contribution is 5.85. The van der Waals surface area contributed by atoms with Crippen molar-refractivity contribution in [3.63, 3.8) is 0 Å². The Morgan fingerprint density at radius 2 is 2.14 bits per heavy atom. The first-order chi connectivity index (χ1) is 10.0. The molecule has 2 amide bonds. The second-order valence-corrected chi connectivity index (χ2v) is 4.82. The first-order valence-electron chi connectivity index (χ1n) is 7.08. The molecule has 0 saturated carbocycles. The van der Waals surface area contributed by atoms with E-state index in [1.54, 1.807) is 0 Å². The van der Waals surface area contributed by atoms with E-state index in [0.717, 1.165) is 30.0 Å². The van der Waals surface area contributed by atoms with Crippen LogP contribution in [0.15, 0.2) is 30.3 Å². The number of unbranched alkanes of at least 4 members (excludes halogenated alkanes) is 1. The predicted octanol–water partition coefficient (Wildman–Crippen LogP) is 2.94. The standard InChI is InChI=1S/C16H22N2O3/c1-3-4-10-17-16(21)18-12(2)14-7-5-6-13(11-14)8-9-15(19)20/h5-9,11-12H,3-4,10H2,1-2H3,(H,19,20)(H2,17,18,21). The minimum absolute atomic E-state index is 0.148. The highest BCUT2D eigenvalue weighted by atomic mass is 16.4. The second-order valence-electron chi connectivity index (χ2n) is 4.82. The molecule has 0 aliphatic heterocycles. The van der Waals surface area contributed by atoms with Crippen LogP contribution in [0.1, 0.15) is 43.9 Å². The number of hydrogen-bond donors (Lipinski definition) is 3. The molecule has 5 nitrogen and oxygen atoms in total. The fourth-order valence-electron chi connectivity index (χ4n) is 1.81. The summed E-state index contributed by atoms with van der Waals surface area (Å²) in [5, 5.41) is 14.3. The molecule has 0 bridgehead atoms. The fraction of sp³-hybridized carbons (Fsp3) is 0.375. The Balaban J connectivity index is 2.61. The van der Waals surface area contributed by atoms with E-state index >= 15 is 0 Å². The molecule has 0 spiro atoms. The fourth-order valence-corrected chi connectivity index (χ4v) is 1.81. The molecular formula is C16H22N2O3. The van der Waals surface area contributed by atoms with Crippen LogP contribution in [0.5, 0.6) is 0 Å². The number of nitrogens with one attached hydrogen (secondary N) is 2. The van der Waals surface area contributed by atoms with Crippen LogP contribution in [0.3, 0.4) is 0 Å². The van der Waals surface area contributed by atoms with Gasteiger partial charge in [-0.2, -0.15) is 0 Å². The minimum atomic E-state index is -0.984. The number of amides is 2. The molecule has 0 aliphatic rings. The van der Waals surface area contributed by atoms with Crippen molar-refractivity contribution in [2.75, 3.05) is 6.54 Å². The van der Waals surface area contributed by atoms with Gasteiger partial charge in [-0.3, -0.25) is 0 Å². The average molecular weight is 290 g/mol. The highest BCUT2D eigenvalue weighted by Crippen LogP contribution is 2.15. The molecule has 1 unspecified atom stereocenters. The largest absolute Gasteiger partial charge is 0.478 e. The number of urea groups is 1. The summed E-state index contributed by atoms with van der Waals surface area (Å²) in [6, 6.07) is 7.07. The van der Waals surface area contributed by atoms with Gasteiger partial charge in [0.05, 0.1) is 6.04 Å². The maximum atomic E-state index is 11.7. The van der Waals surface area contributed by atoms with Gasteiger partial charge in [0.1, 0.15) is 0 Å². The molecule has 3 N–H and O–H groups in total. The summed E-state index contributed by atoms with van der Waals surface area (Å²) in [7, 11) is 0. The molecule has 1 aromatic carbocycles. The van der Waals surface area contributed by atoms with Crippen molar-refractivity contribution in [2.24, 2.45) is 0 Å². The zero-order chi connectivity index (χ0) is 15.7. The molecule has 21 heavy (non-hydrogen) atoms. The monoisotopic (exact) mass is 290 g/mol. The molecule has 1 aromatic rings. The van der Waals surface area contributed by atoms with Crippen molar-refractivity contribution in [3.05, 3.63) is 41.5 Å². The molecule has 114 valence electrons. The number of carbonyl (C=O) groups excluding carboxylic acids is 1. The number of carboxylic acids is 1. The third kappa shape index (κ3) is 6.61. The van der Waals surface area contributed by atoms with Gasteiger partial charge in [0.2, 0.25) is 0 Å². The Morgan fingerprint density at radius 3 is 2.81 bits per heavy atom. The lowest BCUT2D eigenvalue weighted by Crippen LogP contribution is -2.37. The number of carboxylic acid groups (broad SMARTS) is 1. The Hall–Kier alpha value is -2.30. The molecule has 0 heterocycles. The van der Waals surface area contributed by atoms with E-state index in [-0.39, 0.29) is 12.1 Å². The maximum Gasteiger partial charge on any atom is 0.328 e. The first-order valence-corrected chi connectivity index (χ1v) is 7.08. The van der Waals surface area contributed by atoms with E-state index in [2.05, 4.69) is 17.6 Å². The number of hydrogen-bond acceptors (Lipinski definition) is 2. The van der Waals surface area contributed by atoms with Gasteiger partial charge in [0.25, 0.3) is 0 Å². The summed E-state index contributed by atoms with van der Waals surface area (Å²) in [5.74, 6) is -0.984. The molecule has 0 radical (unpaired) electrons. The summed E-state index contributed by atoms with van der Waals surface area (Å²) < 4.78 is 0. The minimum Gasteiger partial charge on any atom is -0.478 e. The van der Waals surface area contributed by atoms with E-state index in [0.29, 0.717) is 6.54 Å². The highest BCUT2D eigenvalue weighted by Gasteiger charge is 2.08. The summed E-state index contributed by atoms with van der Waals surface area (Å²) in [6.45, 7) is 4.62. The van der Waals surface area contributed by atoms with E-state index in [1.165, 1.54) is 6.08 Å². The lowest BCUT2D eigenvalue weighted by molar-refractivity contribution is -0.131. The predicted molar refractivity (Wildman–Crippen MR) is 83.0 cm³/mol. The quantitative estimate of drug-likeness (QED) is 0.533. The van der Waals surface area contributed by atoms with Gasteiger partial charge in [0.15, 0.2) is 0 Å². The molecular weight excluding hydrogens is 268 g/mol. The lowest BCUT2D eigenvalue weighted by atomic mass is 10.0. The van der Waals surface area contributed by atoms with Crippen molar-refractivity contribution in [1.29, 1.82) is 0 Å². The second kappa shape index (κ2) is 8.79. The van der Waals surface area contributed by atoms with Crippen LogP contribution in [0.25, 0.3) is 6.08 Å². The van der Waals surface area contributed by atoms with Crippen molar-refractivity contribution in [1.82, 2.24) is 10.6 Å². The van der Waals surface area contributed by atoms with Crippen molar-refractivity contribution >= 4 is 18.1 Å². The van der Waals surface area contributed by atoms with E-state index in [4.69, 9.17) is 5.11 Å². The van der Waals surface area contributed by atoms with Gasteiger partial charge in [-0.25, -0.2) is 9.59 Å². The van der Waals surface area contributed by atoms with E-state index in [1.807, 2.05) is 31.2 Å². The average Bonchev–Trinajstić information content (AvgIpc) is 2.45. The number of carbonyl (C=O) groups is 2. The SMILES string of the molecule is CCCCNC(=O)NC(C)c1cccc(C=CC(=O)O)c1. The van der Waals surface area contributed by atoms with Gasteiger partial charge in [-0.15, -0.1) is 0 Å². The van der Waals surface area contributed by atoms with Crippen LogP contribution in [0, 0.1) is 0 Å². The van der Waals surface area contributed by atoms with Crippen LogP contribution < -0.4 is 10.6 Å². The van der Waals surface area contributed by atoms with E-state index in [9.17, 15) is 9.59 Å². The Morgan fingerprint density at radius 1 is 1.38 bits per heavy atom. The number of benzene rings is 1. The molecule has 1 rings (SSSR count). The lowest BCUT2D eigenvalue weighted by Gasteiger charge is -2.15. The molecule has 0 saturated heterocycles. The van der Waals surface area contributed by atoms with Crippen molar-refractivity contribution in [3.8, 4) is 0 Å². The Bertz CT molecular complexity index is 512. The number of rotatable bonds is 7. The molecule has 0 fully saturated rings. The van der Waals surface area contributed by atoms with Crippen molar-refractivity contribution in [2.45, 2.75) is 32.7 Å². The topological polar surface area (TPSA) is 78.4 Å². The van der Waals surface area contributed by atoms with Gasteiger partial charge < -0.3 is 15.7 Å². The maximum absolute atomic E-state index is 11.7. The van der Waals surface area contributed by atoms with Crippen molar-refractivity contribution < 1.29 is 14.7 Å². The summed E-state index contributed by atoms with van der Waals surface area (Å²) in [4.78, 5) is 22.2. The summed E-state index contributed by atoms with van der Waals surface area (Å²) in [5.41, 5.74) is 1.71. The van der Waals surface area contributed by atoms with Gasteiger partial charge in [-0.1, -0.05) is 31.5 Å². The summed E-state index contributed by atoms with van der Waals surface area (Å²) in [6.07, 6.45) is 4.61. The molecule has 5 heteroatoms.